The van der Waals surface area contributed by atoms with Crippen molar-refractivity contribution in [2.75, 3.05) is 11.4 Å². The molecule has 1 aliphatic heterocycles. The third-order valence-electron chi connectivity index (χ3n) is 4.61. The van der Waals surface area contributed by atoms with Gasteiger partial charge in [-0.15, -0.1) is 0 Å². The molecule has 0 saturated carbocycles. The number of aromatic nitrogens is 2. The van der Waals surface area contributed by atoms with Crippen LogP contribution in [0.1, 0.15) is 27.5 Å². The van der Waals surface area contributed by atoms with E-state index in [1.807, 2.05) is 41.2 Å². The molecule has 0 spiro atoms. The van der Waals surface area contributed by atoms with E-state index in [2.05, 4.69) is 5.10 Å². The Hall–Kier alpha value is -3.46. The Morgan fingerprint density at radius 2 is 2.08 bits per heavy atom. The molecule has 0 bridgehead atoms. The maximum atomic E-state index is 13.6. The van der Waals surface area contributed by atoms with Crippen molar-refractivity contribution in [1.82, 2.24) is 9.78 Å². The SMILES string of the molecule is N#Cc1cc(C(=O)N2C[C@H](n3cccn3)Cc3ccccc32)ccc1F. The summed E-state index contributed by atoms with van der Waals surface area (Å²) in [5.74, 6) is -0.886. The summed E-state index contributed by atoms with van der Waals surface area (Å²) in [5.41, 5.74) is 2.04. The fourth-order valence-electron chi connectivity index (χ4n) is 3.34. The van der Waals surface area contributed by atoms with Crippen LogP contribution < -0.4 is 4.90 Å². The number of benzene rings is 2. The average molecular weight is 346 g/mol. The van der Waals surface area contributed by atoms with Gasteiger partial charge in [0, 0.05) is 30.2 Å². The van der Waals surface area contributed by atoms with Gasteiger partial charge in [0.2, 0.25) is 0 Å². The van der Waals surface area contributed by atoms with Gasteiger partial charge in [-0.25, -0.2) is 4.39 Å². The quantitative estimate of drug-likeness (QED) is 0.715. The van der Waals surface area contributed by atoms with Crippen molar-refractivity contribution in [2.45, 2.75) is 12.5 Å². The van der Waals surface area contributed by atoms with Gasteiger partial charge in [0.05, 0.1) is 11.6 Å². The summed E-state index contributed by atoms with van der Waals surface area (Å²) in [5, 5.41) is 13.3. The van der Waals surface area contributed by atoms with E-state index in [9.17, 15) is 9.18 Å². The lowest BCUT2D eigenvalue weighted by molar-refractivity contribution is 0.0980. The standard InChI is InChI=1S/C20H15FN4O/c21-18-7-6-15(10-16(18)12-22)20(26)24-13-17(25-9-3-8-23-25)11-14-4-1-2-5-19(14)24/h1-10,17H,11,13H2/t17-/m1/s1. The van der Waals surface area contributed by atoms with E-state index in [1.165, 1.54) is 12.1 Å². The van der Waals surface area contributed by atoms with Crippen molar-refractivity contribution in [3.05, 3.63) is 83.4 Å². The second kappa shape index (κ2) is 6.45. The fourth-order valence-corrected chi connectivity index (χ4v) is 3.34. The molecule has 1 aromatic heterocycles. The Labute approximate surface area is 149 Å². The molecular weight excluding hydrogens is 331 g/mol. The summed E-state index contributed by atoms with van der Waals surface area (Å²) in [6, 6.07) is 15.3. The van der Waals surface area contributed by atoms with Gasteiger partial charge in [-0.1, -0.05) is 18.2 Å². The zero-order chi connectivity index (χ0) is 18.1. The molecule has 5 nitrogen and oxygen atoms in total. The zero-order valence-corrected chi connectivity index (χ0v) is 13.8. The van der Waals surface area contributed by atoms with Crippen LogP contribution >= 0.6 is 0 Å². The highest BCUT2D eigenvalue weighted by Crippen LogP contribution is 2.32. The second-order valence-electron chi connectivity index (χ2n) is 6.19. The van der Waals surface area contributed by atoms with Crippen LogP contribution in [0.3, 0.4) is 0 Å². The van der Waals surface area contributed by atoms with Gasteiger partial charge in [-0.05, 0) is 42.3 Å². The summed E-state index contributed by atoms with van der Waals surface area (Å²) in [7, 11) is 0. The van der Waals surface area contributed by atoms with Crippen LogP contribution in [0.2, 0.25) is 0 Å². The van der Waals surface area contributed by atoms with Crippen LogP contribution in [-0.2, 0) is 6.42 Å². The second-order valence-corrected chi connectivity index (χ2v) is 6.19. The molecule has 0 radical (unpaired) electrons. The molecule has 1 aliphatic rings. The molecule has 2 heterocycles. The van der Waals surface area contributed by atoms with Crippen LogP contribution in [0.5, 0.6) is 0 Å². The van der Waals surface area contributed by atoms with Gasteiger partial charge in [-0.3, -0.25) is 9.48 Å². The molecule has 128 valence electrons. The van der Waals surface area contributed by atoms with Crippen molar-refractivity contribution < 1.29 is 9.18 Å². The van der Waals surface area contributed by atoms with E-state index in [-0.39, 0.29) is 17.5 Å². The molecule has 6 heteroatoms. The third kappa shape index (κ3) is 2.74. The van der Waals surface area contributed by atoms with Crippen LogP contribution in [0.25, 0.3) is 0 Å². The lowest BCUT2D eigenvalue weighted by Crippen LogP contribution is -2.41. The van der Waals surface area contributed by atoms with E-state index in [0.717, 1.165) is 23.7 Å². The average Bonchev–Trinajstić information content (AvgIpc) is 3.22. The highest BCUT2D eigenvalue weighted by molar-refractivity contribution is 6.07. The molecular formula is C20H15FN4O. The minimum atomic E-state index is -0.627. The number of nitrogens with zero attached hydrogens (tertiary/aromatic N) is 4. The monoisotopic (exact) mass is 346 g/mol. The first-order valence-corrected chi connectivity index (χ1v) is 8.26. The molecule has 3 aromatic rings. The number of anilines is 1. The lowest BCUT2D eigenvalue weighted by Gasteiger charge is -2.34. The molecule has 0 aliphatic carbocycles. The summed E-state index contributed by atoms with van der Waals surface area (Å²) in [6.45, 7) is 0.455. The van der Waals surface area contributed by atoms with Crippen molar-refractivity contribution in [3.63, 3.8) is 0 Å². The van der Waals surface area contributed by atoms with Crippen molar-refractivity contribution >= 4 is 11.6 Å². The van der Waals surface area contributed by atoms with E-state index in [4.69, 9.17) is 5.26 Å². The molecule has 26 heavy (non-hydrogen) atoms. The molecule has 2 aromatic carbocycles. The summed E-state index contributed by atoms with van der Waals surface area (Å²) >= 11 is 0. The van der Waals surface area contributed by atoms with Crippen LogP contribution in [0.4, 0.5) is 10.1 Å². The van der Waals surface area contributed by atoms with E-state index < -0.39 is 5.82 Å². The van der Waals surface area contributed by atoms with Gasteiger partial charge in [-0.2, -0.15) is 10.4 Å². The number of nitriles is 1. The van der Waals surface area contributed by atoms with Crippen LogP contribution in [0, 0.1) is 17.1 Å². The third-order valence-corrected chi connectivity index (χ3v) is 4.61. The van der Waals surface area contributed by atoms with Gasteiger partial charge in [0.15, 0.2) is 0 Å². The minimum absolute atomic E-state index is 0.0136. The Bertz CT molecular complexity index is 1010. The number of fused-ring (bicyclic) bond motifs is 1. The summed E-state index contributed by atoms with van der Waals surface area (Å²) < 4.78 is 15.5. The number of halogens is 1. The molecule has 4 rings (SSSR count). The Morgan fingerprint density at radius 1 is 1.23 bits per heavy atom. The maximum absolute atomic E-state index is 13.6. The van der Waals surface area contributed by atoms with Gasteiger partial charge < -0.3 is 4.90 Å². The number of carbonyl (C=O) groups is 1. The van der Waals surface area contributed by atoms with Gasteiger partial charge in [0.25, 0.3) is 5.91 Å². The van der Waals surface area contributed by atoms with Gasteiger partial charge in [0.1, 0.15) is 11.9 Å². The Morgan fingerprint density at radius 3 is 2.85 bits per heavy atom. The molecule has 0 N–H and O–H groups in total. The summed E-state index contributed by atoms with van der Waals surface area (Å²) in [4.78, 5) is 14.8. The molecule has 0 fully saturated rings. The van der Waals surface area contributed by atoms with Gasteiger partial charge >= 0.3 is 0 Å². The minimum Gasteiger partial charge on any atom is -0.306 e. The highest BCUT2D eigenvalue weighted by atomic mass is 19.1. The normalized spacial score (nSPS) is 16.0. The Kier molecular flexibility index (Phi) is 3.98. The van der Waals surface area contributed by atoms with Crippen LogP contribution in [0.15, 0.2) is 60.9 Å². The number of rotatable bonds is 2. The zero-order valence-electron chi connectivity index (χ0n) is 13.8. The summed E-state index contributed by atoms with van der Waals surface area (Å²) in [6.07, 6.45) is 4.37. The number of carbonyl (C=O) groups excluding carboxylic acids is 1. The predicted octanol–water partition coefficient (Wildman–Crippen LogP) is 3.34. The maximum Gasteiger partial charge on any atom is 0.258 e. The van der Waals surface area contributed by atoms with Crippen molar-refractivity contribution in [3.8, 4) is 6.07 Å². The first kappa shape index (κ1) is 16.0. The first-order chi connectivity index (χ1) is 12.7. The van der Waals surface area contributed by atoms with E-state index in [1.54, 1.807) is 17.2 Å². The van der Waals surface area contributed by atoms with E-state index in [0.29, 0.717) is 12.1 Å². The highest BCUT2D eigenvalue weighted by Gasteiger charge is 2.30. The number of hydrogen-bond acceptors (Lipinski definition) is 3. The Balaban J connectivity index is 1.74. The number of para-hydroxylation sites is 1. The largest absolute Gasteiger partial charge is 0.306 e. The van der Waals surface area contributed by atoms with E-state index >= 15 is 0 Å². The fraction of sp³-hybridized carbons (Fsp3) is 0.150. The topological polar surface area (TPSA) is 61.9 Å². The predicted molar refractivity (Wildman–Crippen MR) is 94.2 cm³/mol. The molecule has 1 atom stereocenters. The van der Waals surface area contributed by atoms with Crippen LogP contribution in [-0.4, -0.2) is 22.2 Å². The number of hydrogen-bond donors (Lipinski definition) is 0. The first-order valence-electron chi connectivity index (χ1n) is 8.26. The molecule has 0 unspecified atom stereocenters. The molecule has 1 amide bonds. The number of amides is 1. The smallest absolute Gasteiger partial charge is 0.258 e. The van der Waals surface area contributed by atoms with Crippen molar-refractivity contribution in [2.24, 2.45) is 0 Å². The van der Waals surface area contributed by atoms with Crippen molar-refractivity contribution in [1.29, 1.82) is 5.26 Å². The molecule has 0 saturated heterocycles. The lowest BCUT2D eigenvalue weighted by atomic mass is 9.97.